The molecule has 1 atom stereocenters. The summed E-state index contributed by atoms with van der Waals surface area (Å²) in [6.45, 7) is 4.87. The zero-order valence-electron chi connectivity index (χ0n) is 21.7. The molecule has 0 radical (unpaired) electrons. The van der Waals surface area contributed by atoms with Crippen molar-refractivity contribution in [3.05, 3.63) is 100 Å². The van der Waals surface area contributed by atoms with Crippen molar-refractivity contribution in [2.75, 3.05) is 19.8 Å². The lowest BCUT2D eigenvalue weighted by atomic mass is 10.0. The Hall–Kier alpha value is -3.06. The van der Waals surface area contributed by atoms with Gasteiger partial charge in [-0.1, -0.05) is 77.8 Å². The molecule has 0 spiro atoms. The molecule has 8 heteroatoms. The van der Waals surface area contributed by atoms with Crippen molar-refractivity contribution >= 4 is 35.0 Å². The lowest BCUT2D eigenvalue weighted by Crippen LogP contribution is -2.52. The molecule has 0 aromatic heterocycles. The highest BCUT2D eigenvalue weighted by Gasteiger charge is 2.30. The van der Waals surface area contributed by atoms with Crippen LogP contribution in [0.5, 0.6) is 5.75 Å². The maximum Gasteiger partial charge on any atom is 0.261 e. The second-order valence-corrected chi connectivity index (χ2v) is 9.98. The molecule has 3 aromatic rings. The lowest BCUT2D eigenvalue weighted by molar-refractivity contribution is -0.142. The molecule has 0 unspecified atom stereocenters. The average Bonchev–Trinajstić information content (AvgIpc) is 2.91. The van der Waals surface area contributed by atoms with E-state index in [-0.39, 0.29) is 31.1 Å². The molecule has 0 fully saturated rings. The molecule has 3 aromatic carbocycles. The number of benzene rings is 3. The smallest absolute Gasteiger partial charge is 0.261 e. The largest absolute Gasteiger partial charge is 0.482 e. The Morgan fingerprint density at radius 2 is 1.58 bits per heavy atom. The first kappa shape index (κ1) is 29.5. The minimum absolute atomic E-state index is 0.127. The molecule has 38 heavy (non-hydrogen) atoms. The predicted molar refractivity (Wildman–Crippen MR) is 152 cm³/mol. The molecule has 0 saturated heterocycles. The lowest BCUT2D eigenvalue weighted by Gasteiger charge is -2.31. The van der Waals surface area contributed by atoms with E-state index in [1.54, 1.807) is 41.3 Å². The van der Waals surface area contributed by atoms with Gasteiger partial charge in [0.05, 0.1) is 11.1 Å². The fraction of sp³-hybridized carbons (Fsp3) is 0.333. The summed E-state index contributed by atoms with van der Waals surface area (Å²) < 4.78 is 11.3. The summed E-state index contributed by atoms with van der Waals surface area (Å²) in [5.74, 6) is -0.166. The van der Waals surface area contributed by atoms with Gasteiger partial charge >= 0.3 is 0 Å². The van der Waals surface area contributed by atoms with Crippen molar-refractivity contribution in [1.82, 2.24) is 10.2 Å². The zero-order valence-corrected chi connectivity index (χ0v) is 23.3. The van der Waals surface area contributed by atoms with Gasteiger partial charge in [0.1, 0.15) is 11.8 Å². The molecule has 0 heterocycles. The van der Waals surface area contributed by atoms with E-state index in [1.807, 2.05) is 56.3 Å². The minimum atomic E-state index is -0.763. The van der Waals surface area contributed by atoms with E-state index >= 15 is 0 Å². The predicted octanol–water partition coefficient (Wildman–Crippen LogP) is 5.94. The number of carbonyl (C=O) groups is 2. The van der Waals surface area contributed by atoms with Gasteiger partial charge in [-0.2, -0.15) is 0 Å². The van der Waals surface area contributed by atoms with Crippen LogP contribution in [0.25, 0.3) is 0 Å². The van der Waals surface area contributed by atoms with Crippen molar-refractivity contribution < 1.29 is 19.1 Å². The molecule has 0 bridgehead atoms. The minimum Gasteiger partial charge on any atom is -0.482 e. The van der Waals surface area contributed by atoms with E-state index in [2.05, 4.69) is 5.32 Å². The summed E-state index contributed by atoms with van der Waals surface area (Å²) in [4.78, 5) is 28.7. The summed E-state index contributed by atoms with van der Waals surface area (Å²) in [6, 6.07) is 23.1. The van der Waals surface area contributed by atoms with Crippen LogP contribution in [0.2, 0.25) is 10.0 Å². The van der Waals surface area contributed by atoms with E-state index in [4.69, 9.17) is 32.7 Å². The van der Waals surface area contributed by atoms with Crippen LogP contribution in [0.3, 0.4) is 0 Å². The summed E-state index contributed by atoms with van der Waals surface area (Å²) >= 11 is 12.3. The number of hydrogen-bond donors (Lipinski definition) is 1. The molecule has 202 valence electrons. The maximum absolute atomic E-state index is 13.6. The second kappa shape index (κ2) is 15.4. The molecule has 1 N–H and O–H groups in total. The molecule has 0 aliphatic rings. The number of rotatable bonds is 14. The third-order valence-electron chi connectivity index (χ3n) is 5.80. The van der Waals surface area contributed by atoms with E-state index in [0.29, 0.717) is 41.8 Å². The summed E-state index contributed by atoms with van der Waals surface area (Å²) in [5, 5.41) is 4.00. The summed E-state index contributed by atoms with van der Waals surface area (Å²) in [5.41, 5.74) is 1.79. The first-order chi connectivity index (χ1) is 18.3. The molecule has 2 amide bonds. The number of carbonyl (C=O) groups excluding carboxylic acids is 2. The quantitative estimate of drug-likeness (QED) is 0.249. The second-order valence-electron chi connectivity index (χ2n) is 9.14. The van der Waals surface area contributed by atoms with Crippen LogP contribution in [0, 0.1) is 0 Å². The highest BCUT2D eigenvalue weighted by atomic mass is 35.5. The number of halogens is 2. The van der Waals surface area contributed by atoms with Gasteiger partial charge < -0.3 is 19.7 Å². The number of hydrogen-bond acceptors (Lipinski definition) is 4. The maximum atomic E-state index is 13.6. The van der Waals surface area contributed by atoms with Crippen molar-refractivity contribution in [3.63, 3.8) is 0 Å². The molecule has 0 aliphatic carbocycles. The summed E-state index contributed by atoms with van der Waals surface area (Å²) in [6.07, 6.45) is 1.14. The van der Waals surface area contributed by atoms with Crippen LogP contribution in [-0.4, -0.2) is 48.6 Å². The highest BCUT2D eigenvalue weighted by molar-refractivity contribution is 6.32. The van der Waals surface area contributed by atoms with E-state index in [0.717, 1.165) is 11.1 Å². The number of ether oxygens (including phenoxy) is 2. The Morgan fingerprint density at radius 3 is 2.26 bits per heavy atom. The van der Waals surface area contributed by atoms with Crippen LogP contribution < -0.4 is 10.1 Å². The van der Waals surface area contributed by atoms with E-state index in [1.165, 1.54) is 0 Å². The van der Waals surface area contributed by atoms with E-state index in [9.17, 15) is 9.59 Å². The fourth-order valence-corrected chi connectivity index (χ4v) is 4.16. The van der Waals surface area contributed by atoms with Gasteiger partial charge in [-0.3, -0.25) is 9.59 Å². The van der Waals surface area contributed by atoms with Gasteiger partial charge in [0.2, 0.25) is 5.91 Å². The molecular weight excluding hydrogens is 523 g/mol. The number of para-hydroxylation sites is 1. The highest BCUT2D eigenvalue weighted by Crippen LogP contribution is 2.24. The fourth-order valence-electron chi connectivity index (χ4n) is 3.85. The Bertz CT molecular complexity index is 1160. The van der Waals surface area contributed by atoms with Crippen molar-refractivity contribution in [1.29, 1.82) is 0 Å². The average molecular weight is 558 g/mol. The molecule has 0 aliphatic heterocycles. The normalized spacial score (nSPS) is 11.7. The third-order valence-corrected chi connectivity index (χ3v) is 6.36. The van der Waals surface area contributed by atoms with Gasteiger partial charge in [-0.25, -0.2) is 0 Å². The van der Waals surface area contributed by atoms with Crippen LogP contribution in [0.15, 0.2) is 78.9 Å². The number of nitrogens with one attached hydrogen (secondary N) is 1. The SMILES string of the molecule is CC(C)OCCCNC(=O)[C@@H](Cc1ccccc1)N(Cc1ccc(Cl)cc1)C(=O)COc1ccccc1Cl. The van der Waals surface area contributed by atoms with Crippen LogP contribution >= 0.6 is 23.2 Å². The Labute approximate surface area is 234 Å². The van der Waals surface area contributed by atoms with Gasteiger partial charge in [0.15, 0.2) is 6.61 Å². The third kappa shape index (κ3) is 9.67. The molecule has 3 rings (SSSR count). The first-order valence-electron chi connectivity index (χ1n) is 12.7. The topological polar surface area (TPSA) is 67.9 Å². The van der Waals surface area contributed by atoms with Crippen LogP contribution in [0.4, 0.5) is 0 Å². The Morgan fingerprint density at radius 1 is 0.895 bits per heavy atom. The Kier molecular flexibility index (Phi) is 11.9. The standard InChI is InChI=1S/C30H34Cl2N2O4/c1-22(2)37-18-8-17-33-30(36)27(19-23-9-4-3-5-10-23)34(20-24-13-15-25(31)16-14-24)29(35)21-38-28-12-7-6-11-26(28)32/h3-7,9-16,22,27H,8,17-21H2,1-2H3,(H,33,36)/t27-/m1/s1. The van der Waals surface area contributed by atoms with Gasteiger partial charge in [-0.05, 0) is 55.7 Å². The first-order valence-corrected chi connectivity index (χ1v) is 13.4. The molecular formula is C30H34Cl2N2O4. The summed E-state index contributed by atoms with van der Waals surface area (Å²) in [7, 11) is 0. The number of amides is 2. The van der Waals surface area contributed by atoms with Crippen molar-refractivity contribution in [3.8, 4) is 5.75 Å². The number of nitrogens with zero attached hydrogens (tertiary/aromatic N) is 1. The molecule has 6 nitrogen and oxygen atoms in total. The van der Waals surface area contributed by atoms with Gasteiger partial charge in [0.25, 0.3) is 5.91 Å². The van der Waals surface area contributed by atoms with Crippen LogP contribution in [0.1, 0.15) is 31.4 Å². The van der Waals surface area contributed by atoms with Gasteiger partial charge in [0, 0.05) is 31.1 Å². The van der Waals surface area contributed by atoms with Crippen molar-refractivity contribution in [2.45, 2.75) is 45.4 Å². The monoisotopic (exact) mass is 556 g/mol. The van der Waals surface area contributed by atoms with E-state index < -0.39 is 6.04 Å². The van der Waals surface area contributed by atoms with Crippen LogP contribution in [-0.2, 0) is 27.3 Å². The molecule has 0 saturated carbocycles. The van der Waals surface area contributed by atoms with Crippen molar-refractivity contribution in [2.24, 2.45) is 0 Å². The van der Waals surface area contributed by atoms with Gasteiger partial charge in [-0.15, -0.1) is 0 Å². The zero-order chi connectivity index (χ0) is 27.3. The Balaban J connectivity index is 1.83.